The zero-order chi connectivity index (χ0) is 13.0. The molecule has 0 N–H and O–H groups in total. The summed E-state index contributed by atoms with van der Waals surface area (Å²) in [6.07, 6.45) is 4.95. The van der Waals surface area contributed by atoms with Gasteiger partial charge >= 0.3 is 0 Å². The normalized spacial score (nSPS) is 29.1. The molecular weight excluding hydrogens is 234 g/mol. The molecule has 2 aliphatic rings. The Hall–Kier alpha value is -0.650. The number of hydrogen-bond donors (Lipinski definition) is 0. The van der Waals surface area contributed by atoms with E-state index in [1.165, 1.54) is 0 Å². The van der Waals surface area contributed by atoms with Gasteiger partial charge in [-0.3, -0.25) is 4.79 Å². The minimum absolute atomic E-state index is 0.0824. The summed E-state index contributed by atoms with van der Waals surface area (Å²) in [4.78, 5) is 13.5. The molecule has 5 nitrogen and oxygen atoms in total. The number of nitrogens with zero attached hydrogens (tertiary/aromatic N) is 1. The Morgan fingerprint density at radius 2 is 1.78 bits per heavy atom. The van der Waals surface area contributed by atoms with Crippen LogP contribution in [0.4, 0.5) is 0 Å². The molecule has 0 atom stereocenters. The summed E-state index contributed by atoms with van der Waals surface area (Å²) < 4.78 is 16.1. The van der Waals surface area contributed by atoms with Gasteiger partial charge < -0.3 is 19.1 Å². The zero-order valence-electron chi connectivity index (χ0n) is 11.3. The standard InChI is InChI=1S/C13H23NO4/c1-16-9-13(15)14-5-3-10(4-6-14)18-12-7-11(8-12)17-2/h10-12H,3-9H2,1-2H3/t11-,12-. The third-order valence-electron chi connectivity index (χ3n) is 3.83. The molecular formula is C13H23NO4. The highest BCUT2D eigenvalue weighted by Gasteiger charge is 2.33. The van der Waals surface area contributed by atoms with Crippen LogP contribution >= 0.6 is 0 Å². The zero-order valence-corrected chi connectivity index (χ0v) is 11.3. The molecule has 0 bridgehead atoms. The third kappa shape index (κ3) is 3.43. The van der Waals surface area contributed by atoms with Gasteiger partial charge in [0, 0.05) is 27.3 Å². The van der Waals surface area contributed by atoms with Crippen LogP contribution < -0.4 is 0 Å². The first-order valence-corrected chi connectivity index (χ1v) is 6.68. The Bertz CT molecular complexity index is 270. The molecule has 0 spiro atoms. The number of amides is 1. The number of ether oxygens (including phenoxy) is 3. The predicted molar refractivity (Wildman–Crippen MR) is 66.4 cm³/mol. The van der Waals surface area contributed by atoms with Gasteiger partial charge in [-0.15, -0.1) is 0 Å². The molecule has 1 heterocycles. The average Bonchev–Trinajstić information content (AvgIpc) is 2.34. The molecule has 104 valence electrons. The fourth-order valence-corrected chi connectivity index (χ4v) is 2.55. The van der Waals surface area contributed by atoms with Crippen molar-refractivity contribution in [2.75, 3.05) is 33.9 Å². The van der Waals surface area contributed by atoms with Crippen LogP contribution in [0.1, 0.15) is 25.7 Å². The maximum atomic E-state index is 11.6. The first kappa shape index (κ1) is 13.8. The summed E-state index contributed by atoms with van der Waals surface area (Å²) in [6.45, 7) is 1.75. The minimum Gasteiger partial charge on any atom is -0.381 e. The number of methoxy groups -OCH3 is 2. The van der Waals surface area contributed by atoms with Crippen molar-refractivity contribution in [3.8, 4) is 0 Å². The van der Waals surface area contributed by atoms with Gasteiger partial charge in [0.1, 0.15) is 6.61 Å². The molecule has 0 aromatic heterocycles. The number of carbonyl (C=O) groups excluding carboxylic acids is 1. The van der Waals surface area contributed by atoms with Gasteiger partial charge in [-0.2, -0.15) is 0 Å². The highest BCUT2D eigenvalue weighted by molar-refractivity contribution is 5.77. The van der Waals surface area contributed by atoms with Crippen LogP contribution in [0.3, 0.4) is 0 Å². The van der Waals surface area contributed by atoms with Crippen molar-refractivity contribution in [3.05, 3.63) is 0 Å². The molecule has 1 amide bonds. The number of hydrogen-bond acceptors (Lipinski definition) is 4. The van der Waals surface area contributed by atoms with Crippen molar-refractivity contribution >= 4 is 5.91 Å². The van der Waals surface area contributed by atoms with Crippen molar-refractivity contribution in [1.82, 2.24) is 4.90 Å². The molecule has 1 aliphatic heterocycles. The lowest BCUT2D eigenvalue weighted by Crippen LogP contribution is -2.45. The Morgan fingerprint density at radius 3 is 2.33 bits per heavy atom. The van der Waals surface area contributed by atoms with Gasteiger partial charge in [0.05, 0.1) is 18.3 Å². The summed E-state index contributed by atoms with van der Waals surface area (Å²) in [5.74, 6) is 0.0824. The molecule has 2 rings (SSSR count). The van der Waals surface area contributed by atoms with Crippen LogP contribution in [0, 0.1) is 0 Å². The van der Waals surface area contributed by atoms with Crippen LogP contribution in [0.5, 0.6) is 0 Å². The monoisotopic (exact) mass is 257 g/mol. The van der Waals surface area contributed by atoms with E-state index in [0.717, 1.165) is 38.8 Å². The van der Waals surface area contributed by atoms with Gasteiger partial charge in [-0.05, 0) is 25.7 Å². The van der Waals surface area contributed by atoms with Crippen LogP contribution in [0.25, 0.3) is 0 Å². The summed E-state index contributed by atoms with van der Waals surface area (Å²) in [6, 6.07) is 0. The predicted octanol–water partition coefficient (Wildman–Crippen LogP) is 0.818. The second-order valence-electron chi connectivity index (χ2n) is 5.10. The Labute approximate surface area is 108 Å². The molecule has 18 heavy (non-hydrogen) atoms. The first-order valence-electron chi connectivity index (χ1n) is 6.68. The van der Waals surface area contributed by atoms with Gasteiger partial charge in [0.15, 0.2) is 0 Å². The highest BCUT2D eigenvalue weighted by atomic mass is 16.5. The van der Waals surface area contributed by atoms with Gasteiger partial charge in [-0.25, -0.2) is 0 Å². The highest BCUT2D eigenvalue weighted by Crippen LogP contribution is 2.28. The fourth-order valence-electron chi connectivity index (χ4n) is 2.55. The van der Waals surface area contributed by atoms with Crippen LogP contribution in [-0.2, 0) is 19.0 Å². The van der Waals surface area contributed by atoms with Crippen LogP contribution in [0.2, 0.25) is 0 Å². The topological polar surface area (TPSA) is 48.0 Å². The number of piperidine rings is 1. The number of likely N-dealkylation sites (tertiary alicyclic amines) is 1. The van der Waals surface area contributed by atoms with E-state index in [-0.39, 0.29) is 12.5 Å². The Morgan fingerprint density at radius 1 is 1.11 bits per heavy atom. The van der Waals surface area contributed by atoms with Gasteiger partial charge in [-0.1, -0.05) is 0 Å². The van der Waals surface area contributed by atoms with E-state index >= 15 is 0 Å². The minimum atomic E-state index is 0.0824. The van der Waals surface area contributed by atoms with Gasteiger partial charge in [0.2, 0.25) is 5.91 Å². The van der Waals surface area contributed by atoms with E-state index in [2.05, 4.69) is 0 Å². The lowest BCUT2D eigenvalue weighted by Gasteiger charge is -2.39. The average molecular weight is 257 g/mol. The molecule has 0 aromatic carbocycles. The molecule has 1 aliphatic carbocycles. The molecule has 0 radical (unpaired) electrons. The van der Waals surface area contributed by atoms with Crippen molar-refractivity contribution < 1.29 is 19.0 Å². The van der Waals surface area contributed by atoms with Crippen molar-refractivity contribution in [3.63, 3.8) is 0 Å². The van der Waals surface area contributed by atoms with E-state index in [1.54, 1.807) is 14.2 Å². The second-order valence-corrected chi connectivity index (χ2v) is 5.10. The third-order valence-corrected chi connectivity index (χ3v) is 3.83. The second kappa shape index (κ2) is 6.50. The molecule has 0 aromatic rings. The lowest BCUT2D eigenvalue weighted by molar-refractivity contribution is -0.144. The summed E-state index contributed by atoms with van der Waals surface area (Å²) >= 11 is 0. The molecule has 2 fully saturated rings. The maximum Gasteiger partial charge on any atom is 0.248 e. The van der Waals surface area contributed by atoms with E-state index in [0.29, 0.717) is 18.3 Å². The Balaban J connectivity index is 1.63. The first-order chi connectivity index (χ1) is 8.72. The fraction of sp³-hybridized carbons (Fsp3) is 0.923. The summed E-state index contributed by atoms with van der Waals surface area (Å²) in [7, 11) is 3.30. The van der Waals surface area contributed by atoms with Crippen LogP contribution in [0.15, 0.2) is 0 Å². The van der Waals surface area contributed by atoms with Gasteiger partial charge in [0.25, 0.3) is 0 Å². The van der Waals surface area contributed by atoms with E-state index in [4.69, 9.17) is 14.2 Å². The van der Waals surface area contributed by atoms with Crippen LogP contribution in [-0.4, -0.2) is 63.0 Å². The Kier molecular flexibility index (Phi) is 4.97. The smallest absolute Gasteiger partial charge is 0.248 e. The quantitative estimate of drug-likeness (QED) is 0.731. The van der Waals surface area contributed by atoms with Crippen molar-refractivity contribution in [1.29, 1.82) is 0 Å². The molecule has 1 saturated heterocycles. The van der Waals surface area contributed by atoms with E-state index < -0.39 is 0 Å². The van der Waals surface area contributed by atoms with Crippen molar-refractivity contribution in [2.45, 2.75) is 44.0 Å². The molecule has 5 heteroatoms. The number of carbonyl (C=O) groups is 1. The van der Waals surface area contributed by atoms with E-state index in [1.807, 2.05) is 4.90 Å². The maximum absolute atomic E-state index is 11.6. The summed E-state index contributed by atoms with van der Waals surface area (Å²) in [5.41, 5.74) is 0. The molecule has 1 saturated carbocycles. The SMILES string of the molecule is COCC(=O)N1CCC(O[C@H]2C[C@H](OC)C2)CC1. The summed E-state index contributed by atoms with van der Waals surface area (Å²) in [5, 5.41) is 0. The lowest BCUT2D eigenvalue weighted by atomic mass is 9.91. The van der Waals surface area contributed by atoms with Crippen molar-refractivity contribution in [2.24, 2.45) is 0 Å². The number of rotatable bonds is 5. The molecule has 0 unspecified atom stereocenters. The van der Waals surface area contributed by atoms with E-state index in [9.17, 15) is 4.79 Å². The largest absolute Gasteiger partial charge is 0.381 e.